The number of fused-ring (bicyclic) bond motifs is 1. The molecule has 6 heteroatoms. The molecule has 0 bridgehead atoms. The zero-order valence-electron chi connectivity index (χ0n) is 10.9. The average molecular weight is 338 g/mol. The van der Waals surface area contributed by atoms with E-state index in [4.69, 9.17) is 17.3 Å². The second-order valence-electron chi connectivity index (χ2n) is 4.70. The Kier molecular flexibility index (Phi) is 3.65. The maximum Gasteiger partial charge on any atom is 0.184 e. The van der Waals surface area contributed by atoms with Crippen LogP contribution >= 0.6 is 22.9 Å². The minimum Gasteiger partial charge on any atom is -0.398 e. The molecule has 0 saturated heterocycles. The average Bonchev–Trinajstić information content (AvgIpc) is 2.84. The lowest BCUT2D eigenvalue weighted by molar-refractivity contribution is 0.596. The highest BCUT2D eigenvalue weighted by Crippen LogP contribution is 2.31. The first-order chi connectivity index (χ1) is 9.97. The number of hydrogen-bond donors (Lipinski definition) is 1. The molecular weight excluding hydrogens is 326 g/mol. The third-order valence-electron chi connectivity index (χ3n) is 3.22. The molecule has 2 aromatic carbocycles. The quantitative estimate of drug-likeness (QED) is 0.731. The predicted molar refractivity (Wildman–Crippen MR) is 88.6 cm³/mol. The molecule has 1 heterocycles. The van der Waals surface area contributed by atoms with Crippen molar-refractivity contribution >= 4 is 48.5 Å². The first-order valence-electron chi connectivity index (χ1n) is 6.20. The van der Waals surface area contributed by atoms with Crippen molar-refractivity contribution in [1.29, 1.82) is 0 Å². The summed E-state index contributed by atoms with van der Waals surface area (Å²) in [6.45, 7) is 0. The molecule has 3 aromatic rings. The van der Waals surface area contributed by atoms with E-state index in [9.17, 15) is 8.42 Å². The molecule has 0 amide bonds. The first kappa shape index (κ1) is 14.4. The highest BCUT2D eigenvalue weighted by molar-refractivity contribution is 7.90. The van der Waals surface area contributed by atoms with Crippen molar-refractivity contribution in [2.45, 2.75) is 10.6 Å². The Bertz CT molecular complexity index is 916. The Morgan fingerprint density at radius 3 is 2.71 bits per heavy atom. The van der Waals surface area contributed by atoms with Crippen LogP contribution in [0.5, 0.6) is 0 Å². The lowest BCUT2D eigenvalue weighted by atomic mass is 10.2. The molecule has 0 aliphatic rings. The van der Waals surface area contributed by atoms with Gasteiger partial charge in [-0.25, -0.2) is 8.42 Å². The number of nitrogen functional groups attached to an aromatic ring is 1. The van der Waals surface area contributed by atoms with Crippen LogP contribution in [0.15, 0.2) is 52.7 Å². The maximum absolute atomic E-state index is 12.6. The lowest BCUT2D eigenvalue weighted by Crippen LogP contribution is -2.07. The first-order valence-corrected chi connectivity index (χ1v) is 9.11. The summed E-state index contributed by atoms with van der Waals surface area (Å²) in [7, 11) is -3.53. The van der Waals surface area contributed by atoms with Gasteiger partial charge in [0.1, 0.15) is 0 Å². The van der Waals surface area contributed by atoms with Gasteiger partial charge in [0, 0.05) is 9.72 Å². The monoisotopic (exact) mass is 337 g/mol. The third-order valence-corrected chi connectivity index (χ3v) is 6.18. The highest BCUT2D eigenvalue weighted by Gasteiger charge is 2.20. The summed E-state index contributed by atoms with van der Waals surface area (Å²) >= 11 is 7.42. The molecule has 3 rings (SSSR count). The van der Waals surface area contributed by atoms with Crippen molar-refractivity contribution in [3.63, 3.8) is 0 Å². The van der Waals surface area contributed by atoms with Gasteiger partial charge in [0.25, 0.3) is 0 Å². The molecule has 21 heavy (non-hydrogen) atoms. The molecule has 0 aliphatic carbocycles. The molecule has 2 N–H and O–H groups in total. The van der Waals surface area contributed by atoms with E-state index in [1.165, 1.54) is 23.5 Å². The fraction of sp³-hybridized carbons (Fsp3) is 0.0667. The molecule has 3 nitrogen and oxygen atoms in total. The van der Waals surface area contributed by atoms with Gasteiger partial charge in [-0.05, 0) is 40.6 Å². The molecule has 0 atom stereocenters. The molecular formula is C15H12ClNO2S2. The van der Waals surface area contributed by atoms with E-state index in [1.54, 1.807) is 6.07 Å². The van der Waals surface area contributed by atoms with Crippen LogP contribution in [0.2, 0.25) is 5.02 Å². The minimum atomic E-state index is -3.53. The molecule has 108 valence electrons. The maximum atomic E-state index is 12.6. The van der Waals surface area contributed by atoms with Crippen LogP contribution in [0, 0.1) is 0 Å². The summed E-state index contributed by atoms with van der Waals surface area (Å²) in [6.07, 6.45) is 0. The fourth-order valence-electron chi connectivity index (χ4n) is 2.20. The van der Waals surface area contributed by atoms with E-state index in [0.717, 1.165) is 15.6 Å². The van der Waals surface area contributed by atoms with E-state index >= 15 is 0 Å². The summed E-state index contributed by atoms with van der Waals surface area (Å²) < 4.78 is 26.2. The number of anilines is 1. The molecule has 0 saturated carbocycles. The summed E-state index contributed by atoms with van der Waals surface area (Å²) in [5.41, 5.74) is 6.79. The van der Waals surface area contributed by atoms with Crippen LogP contribution in [-0.2, 0) is 15.6 Å². The van der Waals surface area contributed by atoms with Crippen molar-refractivity contribution in [1.82, 2.24) is 0 Å². The Labute approximate surface area is 131 Å². The molecule has 0 fully saturated rings. The third kappa shape index (κ3) is 2.77. The van der Waals surface area contributed by atoms with Crippen LogP contribution in [0.1, 0.15) is 5.56 Å². The van der Waals surface area contributed by atoms with Crippen LogP contribution in [0.3, 0.4) is 0 Å². The van der Waals surface area contributed by atoms with E-state index in [0.29, 0.717) is 5.02 Å². The fourth-order valence-corrected chi connectivity index (χ4v) is 5.05. The summed E-state index contributed by atoms with van der Waals surface area (Å²) in [5, 5.41) is 3.20. The summed E-state index contributed by atoms with van der Waals surface area (Å²) in [6, 6.07) is 12.2. The normalized spacial score (nSPS) is 11.9. The molecule has 0 radical (unpaired) electrons. The topological polar surface area (TPSA) is 60.2 Å². The van der Waals surface area contributed by atoms with Crippen molar-refractivity contribution in [3.05, 3.63) is 58.4 Å². The lowest BCUT2D eigenvalue weighted by Gasteiger charge is -2.07. The number of benzene rings is 2. The van der Waals surface area contributed by atoms with Crippen LogP contribution < -0.4 is 5.73 Å². The van der Waals surface area contributed by atoms with Gasteiger partial charge in [0.15, 0.2) is 9.84 Å². The van der Waals surface area contributed by atoms with E-state index < -0.39 is 9.84 Å². The van der Waals surface area contributed by atoms with E-state index in [2.05, 4.69) is 0 Å². The number of nitrogens with two attached hydrogens (primary N) is 1. The number of thiophene rings is 1. The minimum absolute atomic E-state index is 0.0818. The largest absolute Gasteiger partial charge is 0.398 e. The van der Waals surface area contributed by atoms with Gasteiger partial charge >= 0.3 is 0 Å². The van der Waals surface area contributed by atoms with Crippen molar-refractivity contribution < 1.29 is 8.42 Å². The zero-order chi connectivity index (χ0) is 15.0. The van der Waals surface area contributed by atoms with Crippen molar-refractivity contribution in [2.24, 2.45) is 0 Å². The van der Waals surface area contributed by atoms with Gasteiger partial charge in [0.05, 0.1) is 16.3 Å². The number of sulfone groups is 1. The van der Waals surface area contributed by atoms with Gasteiger partial charge in [-0.1, -0.05) is 29.8 Å². The van der Waals surface area contributed by atoms with Crippen LogP contribution in [-0.4, -0.2) is 8.42 Å². The Morgan fingerprint density at radius 2 is 1.90 bits per heavy atom. The second kappa shape index (κ2) is 5.33. The van der Waals surface area contributed by atoms with Gasteiger partial charge in [-0.3, -0.25) is 0 Å². The molecule has 0 aliphatic heterocycles. The van der Waals surface area contributed by atoms with Gasteiger partial charge in [-0.2, -0.15) is 0 Å². The molecule has 1 aromatic heterocycles. The van der Waals surface area contributed by atoms with Gasteiger partial charge in [-0.15, -0.1) is 11.3 Å². The Morgan fingerprint density at radius 1 is 1.14 bits per heavy atom. The second-order valence-corrected chi connectivity index (χ2v) is 8.00. The highest BCUT2D eigenvalue weighted by atomic mass is 35.5. The standard InChI is InChI=1S/C15H12ClNO2S2/c16-11-5-6-13(17)15(7-11)21(18,19)9-10-8-20-14-4-2-1-3-12(10)14/h1-8H,9,17H2. The summed E-state index contributed by atoms with van der Waals surface area (Å²) in [5.74, 6) is -0.0818. The Hall–Kier alpha value is -1.56. The van der Waals surface area contributed by atoms with Gasteiger partial charge in [0.2, 0.25) is 0 Å². The van der Waals surface area contributed by atoms with E-state index in [1.807, 2.05) is 29.6 Å². The van der Waals surface area contributed by atoms with Crippen molar-refractivity contribution in [3.8, 4) is 0 Å². The predicted octanol–water partition coefficient (Wildman–Crippen LogP) is 4.11. The molecule has 0 spiro atoms. The smallest absolute Gasteiger partial charge is 0.184 e. The van der Waals surface area contributed by atoms with Crippen LogP contribution in [0.4, 0.5) is 5.69 Å². The van der Waals surface area contributed by atoms with Crippen molar-refractivity contribution in [2.75, 3.05) is 5.73 Å². The number of rotatable bonds is 3. The van der Waals surface area contributed by atoms with E-state index in [-0.39, 0.29) is 16.3 Å². The number of halogens is 1. The Balaban J connectivity index is 2.05. The SMILES string of the molecule is Nc1ccc(Cl)cc1S(=O)(=O)Cc1csc2ccccc12. The zero-order valence-corrected chi connectivity index (χ0v) is 13.3. The summed E-state index contributed by atoms with van der Waals surface area (Å²) in [4.78, 5) is 0.0882. The van der Waals surface area contributed by atoms with Crippen LogP contribution in [0.25, 0.3) is 10.1 Å². The van der Waals surface area contributed by atoms with Gasteiger partial charge < -0.3 is 5.73 Å². The molecule has 0 unspecified atom stereocenters. The number of hydrogen-bond acceptors (Lipinski definition) is 4.